The van der Waals surface area contributed by atoms with Crippen LogP contribution in [0.3, 0.4) is 0 Å². The summed E-state index contributed by atoms with van der Waals surface area (Å²) in [5.41, 5.74) is 0. The number of aliphatic hydroxyl groups excluding tert-OH is 1. The number of hydrogen-bond donors (Lipinski definition) is 2. The van der Waals surface area contributed by atoms with E-state index in [9.17, 15) is 4.79 Å². The molecular formula is C9H13NO4. The molecule has 0 bridgehead atoms. The van der Waals surface area contributed by atoms with Crippen molar-refractivity contribution in [1.82, 2.24) is 5.32 Å². The second-order valence-corrected chi connectivity index (χ2v) is 2.74. The maximum atomic E-state index is 11.0. The van der Waals surface area contributed by atoms with Crippen LogP contribution < -0.4 is 5.32 Å². The molecule has 0 fully saturated rings. The average molecular weight is 199 g/mol. The molecule has 0 aliphatic heterocycles. The molecule has 1 aromatic rings. The molecule has 14 heavy (non-hydrogen) atoms. The Kier molecular flexibility index (Phi) is 4.00. The highest BCUT2D eigenvalue weighted by Gasteiger charge is 2.11. The van der Waals surface area contributed by atoms with E-state index in [1.807, 2.05) is 0 Å². The smallest absolute Gasteiger partial charge is 0.407 e. The second-order valence-electron chi connectivity index (χ2n) is 2.74. The van der Waals surface area contributed by atoms with Crippen molar-refractivity contribution in [2.75, 3.05) is 13.2 Å². The molecule has 1 heterocycles. The zero-order valence-electron chi connectivity index (χ0n) is 7.90. The number of ether oxygens (including phenoxy) is 1. The molecule has 0 aliphatic carbocycles. The van der Waals surface area contributed by atoms with Gasteiger partial charge in [0.1, 0.15) is 12.4 Å². The maximum Gasteiger partial charge on any atom is 0.407 e. The van der Waals surface area contributed by atoms with Gasteiger partial charge in [-0.1, -0.05) is 0 Å². The molecule has 2 N–H and O–H groups in total. The summed E-state index contributed by atoms with van der Waals surface area (Å²) < 4.78 is 9.70. The van der Waals surface area contributed by atoms with Gasteiger partial charge >= 0.3 is 6.09 Å². The highest BCUT2D eigenvalue weighted by atomic mass is 16.6. The Hall–Kier alpha value is -1.49. The second kappa shape index (κ2) is 5.29. The third kappa shape index (κ3) is 3.10. The van der Waals surface area contributed by atoms with Crippen molar-refractivity contribution in [2.24, 2.45) is 0 Å². The minimum atomic E-state index is -0.567. The van der Waals surface area contributed by atoms with Crippen molar-refractivity contribution in [3.8, 4) is 0 Å². The van der Waals surface area contributed by atoms with Crippen molar-refractivity contribution in [3.05, 3.63) is 24.2 Å². The topological polar surface area (TPSA) is 71.7 Å². The van der Waals surface area contributed by atoms with Crippen LogP contribution in [-0.2, 0) is 4.74 Å². The third-order valence-electron chi connectivity index (χ3n) is 1.63. The minimum absolute atomic E-state index is 0.00327. The van der Waals surface area contributed by atoms with Crippen molar-refractivity contribution in [3.63, 3.8) is 0 Å². The van der Waals surface area contributed by atoms with Crippen LogP contribution in [0.4, 0.5) is 4.79 Å². The summed E-state index contributed by atoms with van der Waals surface area (Å²) >= 11 is 0. The highest BCUT2D eigenvalue weighted by molar-refractivity contribution is 5.67. The first-order valence-electron chi connectivity index (χ1n) is 4.31. The molecule has 5 nitrogen and oxygen atoms in total. The number of aliphatic hydroxyl groups is 1. The lowest BCUT2D eigenvalue weighted by atomic mass is 10.3. The molecule has 1 amide bonds. The Morgan fingerprint density at radius 1 is 1.79 bits per heavy atom. The fourth-order valence-electron chi connectivity index (χ4n) is 0.966. The van der Waals surface area contributed by atoms with Crippen molar-refractivity contribution >= 4 is 6.09 Å². The summed E-state index contributed by atoms with van der Waals surface area (Å²) in [6.07, 6.45) is 0.968. The Morgan fingerprint density at radius 2 is 2.57 bits per heavy atom. The van der Waals surface area contributed by atoms with Gasteiger partial charge in [-0.15, -0.1) is 0 Å². The van der Waals surface area contributed by atoms with Gasteiger partial charge in [0.2, 0.25) is 0 Å². The monoisotopic (exact) mass is 199 g/mol. The Balaban J connectivity index is 2.33. The van der Waals surface area contributed by atoms with Gasteiger partial charge in [0, 0.05) is 0 Å². The van der Waals surface area contributed by atoms with Gasteiger partial charge in [-0.3, -0.25) is 0 Å². The van der Waals surface area contributed by atoms with Gasteiger partial charge in [0.05, 0.1) is 18.9 Å². The average Bonchev–Trinajstić information content (AvgIpc) is 2.67. The number of alkyl carbamates (subject to hydrolysis) is 1. The first-order valence-corrected chi connectivity index (χ1v) is 4.31. The SMILES string of the molecule is CC(NC(=O)OCCO)c1ccco1. The largest absolute Gasteiger partial charge is 0.467 e. The molecule has 1 atom stereocenters. The summed E-state index contributed by atoms with van der Waals surface area (Å²) in [5, 5.41) is 11.0. The molecule has 0 radical (unpaired) electrons. The van der Waals surface area contributed by atoms with Gasteiger partial charge in [-0.05, 0) is 19.1 Å². The molecule has 0 aliphatic rings. The van der Waals surface area contributed by atoms with E-state index in [0.717, 1.165) is 0 Å². The zero-order chi connectivity index (χ0) is 10.4. The summed E-state index contributed by atoms with van der Waals surface area (Å²) in [7, 11) is 0. The molecule has 5 heteroatoms. The summed E-state index contributed by atoms with van der Waals surface area (Å²) in [5.74, 6) is 0.658. The molecule has 1 rings (SSSR count). The van der Waals surface area contributed by atoms with E-state index in [1.165, 1.54) is 6.26 Å². The van der Waals surface area contributed by atoms with Crippen LogP contribution in [-0.4, -0.2) is 24.4 Å². The van der Waals surface area contributed by atoms with Crippen LogP contribution >= 0.6 is 0 Å². The minimum Gasteiger partial charge on any atom is -0.467 e. The zero-order valence-corrected chi connectivity index (χ0v) is 7.90. The molecular weight excluding hydrogens is 186 g/mol. The third-order valence-corrected chi connectivity index (χ3v) is 1.63. The highest BCUT2D eigenvalue weighted by Crippen LogP contribution is 2.11. The molecule has 0 aromatic carbocycles. The predicted octanol–water partition coefficient (Wildman–Crippen LogP) is 1.06. The fraction of sp³-hybridized carbons (Fsp3) is 0.444. The van der Waals surface area contributed by atoms with E-state index in [4.69, 9.17) is 9.52 Å². The van der Waals surface area contributed by atoms with E-state index in [0.29, 0.717) is 5.76 Å². The van der Waals surface area contributed by atoms with Crippen LogP contribution in [0.1, 0.15) is 18.7 Å². The first kappa shape index (κ1) is 10.6. The lowest BCUT2D eigenvalue weighted by molar-refractivity contribution is 0.116. The number of nitrogens with one attached hydrogen (secondary N) is 1. The first-order chi connectivity index (χ1) is 6.74. The fourth-order valence-corrected chi connectivity index (χ4v) is 0.966. The van der Waals surface area contributed by atoms with Gasteiger partial charge in [0.15, 0.2) is 0 Å². The molecule has 0 spiro atoms. The predicted molar refractivity (Wildman–Crippen MR) is 48.7 cm³/mol. The van der Waals surface area contributed by atoms with Gasteiger partial charge in [-0.2, -0.15) is 0 Å². The normalized spacial score (nSPS) is 12.1. The summed E-state index contributed by atoms with van der Waals surface area (Å²) in [6, 6.07) is 3.26. The van der Waals surface area contributed by atoms with Crippen LogP contribution in [0.5, 0.6) is 0 Å². The van der Waals surface area contributed by atoms with Crippen molar-refractivity contribution < 1.29 is 19.1 Å². The lowest BCUT2D eigenvalue weighted by Gasteiger charge is -2.10. The molecule has 78 valence electrons. The molecule has 1 unspecified atom stereocenters. The summed E-state index contributed by atoms with van der Waals surface area (Å²) in [4.78, 5) is 11.0. The van der Waals surface area contributed by atoms with E-state index in [-0.39, 0.29) is 19.3 Å². The van der Waals surface area contributed by atoms with E-state index >= 15 is 0 Å². The van der Waals surface area contributed by atoms with Crippen molar-refractivity contribution in [2.45, 2.75) is 13.0 Å². The van der Waals surface area contributed by atoms with Crippen LogP contribution in [0.15, 0.2) is 22.8 Å². The van der Waals surface area contributed by atoms with Gasteiger partial charge < -0.3 is 19.6 Å². The Morgan fingerprint density at radius 3 is 3.14 bits per heavy atom. The number of carbonyl (C=O) groups excluding carboxylic acids is 1. The number of hydrogen-bond acceptors (Lipinski definition) is 4. The van der Waals surface area contributed by atoms with E-state index in [1.54, 1.807) is 19.1 Å². The molecule has 0 saturated heterocycles. The Bertz CT molecular complexity index is 270. The van der Waals surface area contributed by atoms with Crippen LogP contribution in [0.2, 0.25) is 0 Å². The van der Waals surface area contributed by atoms with E-state index < -0.39 is 6.09 Å². The van der Waals surface area contributed by atoms with Crippen LogP contribution in [0.25, 0.3) is 0 Å². The standard InChI is InChI=1S/C9H13NO4/c1-7(8-3-2-5-13-8)10-9(12)14-6-4-11/h2-3,5,7,11H,4,6H2,1H3,(H,10,12). The number of carbonyl (C=O) groups is 1. The summed E-state index contributed by atoms with van der Waals surface area (Å²) in [6.45, 7) is 1.60. The molecule has 0 saturated carbocycles. The van der Waals surface area contributed by atoms with Gasteiger partial charge in [0.25, 0.3) is 0 Å². The number of amides is 1. The van der Waals surface area contributed by atoms with Gasteiger partial charge in [-0.25, -0.2) is 4.79 Å². The Labute approximate surface area is 81.7 Å². The quantitative estimate of drug-likeness (QED) is 0.760. The molecule has 1 aromatic heterocycles. The van der Waals surface area contributed by atoms with Crippen molar-refractivity contribution in [1.29, 1.82) is 0 Å². The number of furan rings is 1. The van der Waals surface area contributed by atoms with E-state index in [2.05, 4.69) is 10.1 Å². The maximum absolute atomic E-state index is 11.0. The lowest BCUT2D eigenvalue weighted by Crippen LogP contribution is -2.27. The van der Waals surface area contributed by atoms with Crippen LogP contribution in [0, 0.1) is 0 Å². The number of rotatable bonds is 4.